The lowest BCUT2D eigenvalue weighted by Gasteiger charge is -2.15. The van der Waals surface area contributed by atoms with E-state index in [1.165, 1.54) is 12.8 Å². The third-order valence-corrected chi connectivity index (χ3v) is 3.65. The second-order valence-electron chi connectivity index (χ2n) is 5.82. The topological polar surface area (TPSA) is 53.7 Å². The zero-order chi connectivity index (χ0) is 14.0. The number of aromatic carboxylic acids is 1. The summed E-state index contributed by atoms with van der Waals surface area (Å²) in [5.41, 5.74) is 1.27. The van der Waals surface area contributed by atoms with E-state index in [0.29, 0.717) is 23.8 Å². The molecule has 0 radical (unpaired) electrons. The summed E-state index contributed by atoms with van der Waals surface area (Å²) in [6.07, 6.45) is 3.22. The number of furan rings is 1. The molecule has 20 heavy (non-hydrogen) atoms. The standard InChI is InChI=1S/C15H23NO3.ClH/c1-10(2)8-13-12(9-16-6-4-5-7-16)14(15(17)18)11(3)19-13;/h10H,4-9H2,1-3H3,(H,17,18);1H/p-1. The van der Waals surface area contributed by atoms with Crippen molar-refractivity contribution in [2.45, 2.75) is 46.6 Å². The predicted octanol–water partition coefficient (Wildman–Crippen LogP) is 0.0845. The normalized spacial score (nSPS) is 15.6. The van der Waals surface area contributed by atoms with Gasteiger partial charge in [-0.05, 0) is 38.8 Å². The van der Waals surface area contributed by atoms with Crippen molar-refractivity contribution in [3.63, 3.8) is 0 Å². The summed E-state index contributed by atoms with van der Waals surface area (Å²) in [7, 11) is 0. The van der Waals surface area contributed by atoms with Crippen LogP contribution in [0.2, 0.25) is 0 Å². The Morgan fingerprint density at radius 1 is 1.35 bits per heavy atom. The molecule has 1 saturated heterocycles. The molecule has 2 rings (SSSR count). The molecular formula is C15H23ClNO3-. The van der Waals surface area contributed by atoms with Crippen molar-refractivity contribution in [1.82, 2.24) is 4.90 Å². The molecule has 0 unspecified atom stereocenters. The van der Waals surface area contributed by atoms with Gasteiger partial charge in [0.1, 0.15) is 17.1 Å². The number of likely N-dealkylation sites (tertiary alicyclic amines) is 1. The Labute approximate surface area is 126 Å². The van der Waals surface area contributed by atoms with E-state index in [4.69, 9.17) is 4.42 Å². The molecule has 1 aromatic rings. The van der Waals surface area contributed by atoms with Crippen molar-refractivity contribution >= 4 is 5.97 Å². The van der Waals surface area contributed by atoms with Crippen LogP contribution >= 0.6 is 0 Å². The summed E-state index contributed by atoms with van der Waals surface area (Å²) in [5.74, 6) is 0.990. The van der Waals surface area contributed by atoms with Crippen LogP contribution in [0, 0.1) is 12.8 Å². The van der Waals surface area contributed by atoms with Gasteiger partial charge >= 0.3 is 5.97 Å². The highest BCUT2D eigenvalue weighted by molar-refractivity contribution is 5.90. The quantitative estimate of drug-likeness (QED) is 0.837. The first kappa shape index (κ1) is 17.1. The summed E-state index contributed by atoms with van der Waals surface area (Å²) < 4.78 is 5.72. The van der Waals surface area contributed by atoms with Gasteiger partial charge in [0.2, 0.25) is 0 Å². The van der Waals surface area contributed by atoms with Gasteiger partial charge in [-0.15, -0.1) is 0 Å². The summed E-state index contributed by atoms with van der Waals surface area (Å²) >= 11 is 0. The van der Waals surface area contributed by atoms with Crippen LogP contribution in [0.3, 0.4) is 0 Å². The van der Waals surface area contributed by atoms with E-state index in [1.54, 1.807) is 6.92 Å². The second-order valence-corrected chi connectivity index (χ2v) is 5.82. The molecular weight excluding hydrogens is 278 g/mol. The maximum atomic E-state index is 11.4. The van der Waals surface area contributed by atoms with E-state index in [1.807, 2.05) is 0 Å². The molecule has 1 aliphatic rings. The predicted molar refractivity (Wildman–Crippen MR) is 73.5 cm³/mol. The Morgan fingerprint density at radius 3 is 2.45 bits per heavy atom. The molecule has 4 nitrogen and oxygen atoms in total. The van der Waals surface area contributed by atoms with Crippen LogP contribution in [0.25, 0.3) is 0 Å². The molecule has 0 amide bonds. The smallest absolute Gasteiger partial charge is 0.339 e. The van der Waals surface area contributed by atoms with Gasteiger partial charge in [0.05, 0.1) is 0 Å². The number of hydrogen-bond donors (Lipinski definition) is 1. The Balaban J connectivity index is 0.00000200. The third-order valence-electron chi connectivity index (χ3n) is 3.65. The van der Waals surface area contributed by atoms with Crippen molar-refractivity contribution in [2.75, 3.05) is 13.1 Å². The number of aryl methyl sites for hydroxylation is 1. The van der Waals surface area contributed by atoms with Crippen molar-refractivity contribution < 1.29 is 26.7 Å². The van der Waals surface area contributed by atoms with Crippen LogP contribution in [-0.4, -0.2) is 29.1 Å². The summed E-state index contributed by atoms with van der Waals surface area (Å²) in [4.78, 5) is 13.8. The maximum absolute atomic E-state index is 11.4. The van der Waals surface area contributed by atoms with Crippen LogP contribution in [0.1, 0.15) is 54.1 Å². The Morgan fingerprint density at radius 2 is 1.95 bits per heavy atom. The Hall–Kier alpha value is -1.00. The first-order valence-corrected chi connectivity index (χ1v) is 7.05. The lowest BCUT2D eigenvalue weighted by atomic mass is 10.0. The van der Waals surface area contributed by atoms with Crippen LogP contribution in [0.5, 0.6) is 0 Å². The molecule has 2 heterocycles. The van der Waals surface area contributed by atoms with Gasteiger partial charge in [0, 0.05) is 18.5 Å². The van der Waals surface area contributed by atoms with Gasteiger partial charge in [-0.3, -0.25) is 4.90 Å². The van der Waals surface area contributed by atoms with Gasteiger partial charge in [-0.2, -0.15) is 0 Å². The minimum absolute atomic E-state index is 0. The van der Waals surface area contributed by atoms with E-state index >= 15 is 0 Å². The fourth-order valence-electron chi connectivity index (χ4n) is 2.80. The zero-order valence-electron chi connectivity index (χ0n) is 12.4. The molecule has 1 aliphatic heterocycles. The van der Waals surface area contributed by atoms with Gasteiger partial charge in [0.15, 0.2) is 0 Å². The molecule has 0 bridgehead atoms. The molecule has 5 heteroatoms. The highest BCUT2D eigenvalue weighted by Gasteiger charge is 2.25. The zero-order valence-corrected chi connectivity index (χ0v) is 13.2. The van der Waals surface area contributed by atoms with E-state index in [9.17, 15) is 9.90 Å². The number of nitrogens with zero attached hydrogens (tertiary/aromatic N) is 1. The SMILES string of the molecule is Cc1oc(CC(C)C)c(CN2CCCC2)c1C(=O)O.[Cl-]. The molecule has 0 atom stereocenters. The highest BCUT2D eigenvalue weighted by Crippen LogP contribution is 2.27. The minimum atomic E-state index is -0.870. The lowest BCUT2D eigenvalue weighted by molar-refractivity contribution is -0.0000212. The van der Waals surface area contributed by atoms with E-state index in [2.05, 4.69) is 18.7 Å². The van der Waals surface area contributed by atoms with Crippen molar-refractivity contribution in [1.29, 1.82) is 0 Å². The highest BCUT2D eigenvalue weighted by atomic mass is 35.5. The molecule has 114 valence electrons. The van der Waals surface area contributed by atoms with Crippen molar-refractivity contribution in [3.8, 4) is 0 Å². The summed E-state index contributed by atoms with van der Waals surface area (Å²) in [6.45, 7) is 8.83. The van der Waals surface area contributed by atoms with Crippen LogP contribution in [0.15, 0.2) is 4.42 Å². The number of carbonyl (C=O) groups is 1. The maximum Gasteiger partial charge on any atom is 0.339 e. The van der Waals surface area contributed by atoms with E-state index in [0.717, 1.165) is 30.8 Å². The average Bonchev–Trinajstić information content (AvgIpc) is 2.87. The first-order chi connectivity index (χ1) is 8.99. The lowest BCUT2D eigenvalue weighted by Crippen LogP contribution is -3.00. The van der Waals surface area contributed by atoms with E-state index in [-0.39, 0.29) is 12.4 Å². The van der Waals surface area contributed by atoms with Crippen molar-refractivity contribution in [3.05, 3.63) is 22.6 Å². The van der Waals surface area contributed by atoms with Gasteiger partial charge < -0.3 is 21.9 Å². The number of hydrogen-bond acceptors (Lipinski definition) is 3. The number of rotatable bonds is 5. The minimum Gasteiger partial charge on any atom is -1.00 e. The molecule has 0 saturated carbocycles. The van der Waals surface area contributed by atoms with Crippen LogP contribution in [-0.2, 0) is 13.0 Å². The summed E-state index contributed by atoms with van der Waals surface area (Å²) in [6, 6.07) is 0. The number of carboxylic acids is 1. The largest absolute Gasteiger partial charge is 1.00 e. The average molecular weight is 301 g/mol. The molecule has 0 spiro atoms. The molecule has 1 fully saturated rings. The number of halogens is 1. The van der Waals surface area contributed by atoms with Crippen LogP contribution < -0.4 is 12.4 Å². The fourth-order valence-corrected chi connectivity index (χ4v) is 2.80. The van der Waals surface area contributed by atoms with Crippen LogP contribution in [0.4, 0.5) is 0 Å². The first-order valence-electron chi connectivity index (χ1n) is 7.05. The third kappa shape index (κ3) is 3.76. The van der Waals surface area contributed by atoms with Gasteiger partial charge in [-0.25, -0.2) is 4.79 Å². The van der Waals surface area contributed by atoms with Crippen molar-refractivity contribution in [2.24, 2.45) is 5.92 Å². The molecule has 0 aromatic carbocycles. The molecule has 1 N–H and O–H groups in total. The van der Waals surface area contributed by atoms with E-state index < -0.39 is 5.97 Å². The molecule has 0 aliphatic carbocycles. The Kier molecular flexibility index (Phi) is 6.08. The fraction of sp³-hybridized carbons (Fsp3) is 0.667. The molecule has 1 aromatic heterocycles. The number of carboxylic acid groups (broad SMARTS) is 1. The van der Waals surface area contributed by atoms with Gasteiger partial charge in [-0.1, -0.05) is 13.8 Å². The van der Waals surface area contributed by atoms with Gasteiger partial charge in [0.25, 0.3) is 0 Å². The summed E-state index contributed by atoms with van der Waals surface area (Å²) in [5, 5.41) is 9.39. The Bertz CT molecular complexity index is 462. The second kappa shape index (κ2) is 7.14. The monoisotopic (exact) mass is 300 g/mol.